The lowest BCUT2D eigenvalue weighted by Gasteiger charge is -2.08. The summed E-state index contributed by atoms with van der Waals surface area (Å²) in [5.74, 6) is 3.41. The maximum atomic E-state index is 12.5. The number of carboxylic acid groups (broad SMARTS) is 1. The van der Waals surface area contributed by atoms with Gasteiger partial charge in [0.05, 0.1) is 10.5 Å². The molecule has 0 aliphatic rings. The summed E-state index contributed by atoms with van der Waals surface area (Å²) in [7, 11) is -3.72. The number of fused-ring (bicyclic) bond motifs is 1. The van der Waals surface area contributed by atoms with Crippen LogP contribution in [-0.2, 0) is 14.8 Å². The first-order chi connectivity index (χ1) is 13.2. The van der Waals surface area contributed by atoms with Crippen molar-refractivity contribution >= 4 is 39.1 Å². The van der Waals surface area contributed by atoms with E-state index in [2.05, 4.69) is 16.0 Å². The molecule has 0 aliphatic carbocycles. The Morgan fingerprint density at radius 1 is 1.14 bits per heavy atom. The molecule has 1 heterocycles. The normalized spacial score (nSPS) is 10.7. The first kappa shape index (κ1) is 20.9. The van der Waals surface area contributed by atoms with Gasteiger partial charge in [-0.15, -0.1) is 0 Å². The molecule has 0 saturated heterocycles. The molecule has 1 amide bonds. The zero-order valence-electron chi connectivity index (χ0n) is 15.2. The third kappa shape index (κ3) is 4.48. The monoisotopic (exact) mass is 405 g/mol. The van der Waals surface area contributed by atoms with Crippen molar-refractivity contribution in [2.75, 3.05) is 4.72 Å². The summed E-state index contributed by atoms with van der Waals surface area (Å²) < 4.78 is 33.1. The van der Waals surface area contributed by atoms with Gasteiger partial charge in [-0.2, -0.15) is 0 Å². The van der Waals surface area contributed by atoms with Crippen molar-refractivity contribution in [2.24, 2.45) is 0 Å². The second-order valence-electron chi connectivity index (χ2n) is 5.76. The van der Waals surface area contributed by atoms with Gasteiger partial charge in [0.2, 0.25) is 0 Å². The number of sulfonamides is 1. The molecule has 1 aromatic heterocycles. The van der Waals surface area contributed by atoms with Gasteiger partial charge in [-0.25, -0.2) is 13.8 Å². The Balaban J connectivity index is 0.000000878. The predicted octanol–water partition coefficient (Wildman–Crippen LogP) is 0.103. The molecular formula is C18H19N3O6S. The molecule has 0 saturated carbocycles. The summed E-state index contributed by atoms with van der Waals surface area (Å²) in [5.41, 5.74) is 4.45. The fourth-order valence-corrected chi connectivity index (χ4v) is 3.64. The molecule has 0 fully saturated rings. The van der Waals surface area contributed by atoms with Gasteiger partial charge in [0.25, 0.3) is 15.9 Å². The van der Waals surface area contributed by atoms with Crippen molar-refractivity contribution < 1.29 is 33.4 Å². The molecule has 5 N–H and O–H groups in total. The number of anilines is 1. The highest BCUT2D eigenvalue weighted by Crippen LogP contribution is 2.29. The van der Waals surface area contributed by atoms with Crippen molar-refractivity contribution in [3.63, 3.8) is 0 Å². The highest BCUT2D eigenvalue weighted by atomic mass is 32.2. The molecule has 0 spiro atoms. The number of carbonyl (C=O) groups is 2. The number of quaternary nitrogens is 1. The zero-order chi connectivity index (χ0) is 20.9. The van der Waals surface area contributed by atoms with Crippen LogP contribution in [0.3, 0.4) is 0 Å². The van der Waals surface area contributed by atoms with E-state index in [-0.39, 0.29) is 4.90 Å². The Morgan fingerprint density at radius 2 is 1.75 bits per heavy atom. The number of benzene rings is 2. The number of carbonyl (C=O) groups excluding carboxylic acids is 2. The van der Waals surface area contributed by atoms with Gasteiger partial charge in [-0.1, -0.05) is 17.7 Å². The summed E-state index contributed by atoms with van der Waals surface area (Å²) >= 11 is 0. The maximum absolute atomic E-state index is 12.5. The first-order valence-corrected chi connectivity index (χ1v) is 9.47. The zero-order valence-corrected chi connectivity index (χ0v) is 16.0. The van der Waals surface area contributed by atoms with Gasteiger partial charge in [0, 0.05) is 17.5 Å². The van der Waals surface area contributed by atoms with Crippen LogP contribution < -0.4 is 21.1 Å². The van der Waals surface area contributed by atoms with Crippen LogP contribution in [0.5, 0.6) is 0 Å². The number of hydrogen-bond donors (Lipinski definition) is 3. The lowest BCUT2D eigenvalue weighted by molar-refractivity contribution is -0.422. The Hall–Kier alpha value is -3.37. The Labute approximate surface area is 161 Å². The molecule has 148 valence electrons. The van der Waals surface area contributed by atoms with E-state index in [1.807, 2.05) is 6.92 Å². The second-order valence-corrected chi connectivity index (χ2v) is 7.45. The lowest BCUT2D eigenvalue weighted by Crippen LogP contribution is -2.67. The van der Waals surface area contributed by atoms with Crippen LogP contribution in [0.15, 0.2) is 51.8 Å². The van der Waals surface area contributed by atoms with Crippen LogP contribution in [0.1, 0.15) is 21.7 Å². The van der Waals surface area contributed by atoms with Crippen LogP contribution in [0.2, 0.25) is 0 Å². The minimum atomic E-state index is -3.72. The molecule has 9 nitrogen and oxygen atoms in total. The average molecular weight is 405 g/mol. The van der Waals surface area contributed by atoms with Gasteiger partial charge in [0.1, 0.15) is 11.3 Å². The largest absolute Gasteiger partial charge is 0.554 e. The third-order valence-corrected chi connectivity index (χ3v) is 5.23. The number of nitrogens with one attached hydrogen (secondary N) is 2. The molecule has 0 unspecified atom stereocenters. The molecule has 0 bridgehead atoms. The fraction of sp³-hybridized carbons (Fsp3) is 0.111. The maximum Gasteiger partial charge on any atom is 0.299 e. The third-order valence-electron chi connectivity index (χ3n) is 3.84. The van der Waals surface area contributed by atoms with E-state index < -0.39 is 22.4 Å². The molecule has 28 heavy (non-hydrogen) atoms. The van der Waals surface area contributed by atoms with E-state index in [0.717, 1.165) is 5.56 Å². The van der Waals surface area contributed by atoms with Crippen molar-refractivity contribution in [1.82, 2.24) is 5.43 Å². The first-order valence-electron chi connectivity index (χ1n) is 7.99. The summed E-state index contributed by atoms with van der Waals surface area (Å²) in [6, 6.07) is 11.3. The van der Waals surface area contributed by atoms with Crippen molar-refractivity contribution in [2.45, 2.75) is 18.7 Å². The van der Waals surface area contributed by atoms with E-state index in [9.17, 15) is 13.2 Å². The second kappa shape index (κ2) is 8.55. The van der Waals surface area contributed by atoms with E-state index in [1.54, 1.807) is 49.4 Å². The van der Waals surface area contributed by atoms with Gasteiger partial charge < -0.3 is 14.3 Å². The Bertz CT molecular complexity index is 1100. The van der Waals surface area contributed by atoms with E-state index >= 15 is 0 Å². The molecule has 3 aromatic rings. The number of aryl methyl sites for hydroxylation is 2. The van der Waals surface area contributed by atoms with Crippen LogP contribution in [-0.4, -0.2) is 20.8 Å². The Kier molecular flexibility index (Phi) is 6.39. The number of furan rings is 1. The lowest BCUT2D eigenvalue weighted by atomic mass is 10.1. The molecule has 3 rings (SSSR count). The van der Waals surface area contributed by atoms with Crippen LogP contribution in [0.25, 0.3) is 11.0 Å². The molecule has 10 heteroatoms. The fourth-order valence-electron chi connectivity index (χ4n) is 2.59. The standard InChI is InChI=1S/C17H17N3O4S.CH2O2/c1-10-3-6-13(7-4-10)25(22,23)20-12-5-8-15-14(9-12)16(11(2)24-15)17(21)19-18;2-1-3/h3-9,20H,18H2,1-2H3,(H,19,21);1H,(H,2,3). The number of amides is 1. The van der Waals surface area contributed by atoms with Crippen molar-refractivity contribution in [3.05, 3.63) is 59.4 Å². The SMILES string of the molecule is Cc1ccc(S(=O)(=O)Nc2ccc3oc(C)c(C(=O)N[NH3+])c3c2)cc1.O=C[O-]. The quantitative estimate of drug-likeness (QED) is 0.413. The average Bonchev–Trinajstić information content (AvgIpc) is 2.97. The van der Waals surface area contributed by atoms with Gasteiger partial charge in [-0.05, 0) is 44.2 Å². The van der Waals surface area contributed by atoms with Crippen LogP contribution >= 0.6 is 0 Å². The smallest absolute Gasteiger partial charge is 0.299 e. The highest BCUT2D eigenvalue weighted by molar-refractivity contribution is 7.92. The summed E-state index contributed by atoms with van der Waals surface area (Å²) in [5, 5.41) is 8.77. The summed E-state index contributed by atoms with van der Waals surface area (Å²) in [6.07, 6.45) is 0. The van der Waals surface area contributed by atoms with Crippen LogP contribution in [0, 0.1) is 13.8 Å². The molecule has 0 atom stereocenters. The van der Waals surface area contributed by atoms with Crippen molar-refractivity contribution in [1.29, 1.82) is 0 Å². The van der Waals surface area contributed by atoms with E-state index in [1.165, 1.54) is 0 Å². The summed E-state index contributed by atoms with van der Waals surface area (Å²) in [4.78, 5) is 20.4. The predicted molar refractivity (Wildman–Crippen MR) is 99.4 cm³/mol. The van der Waals surface area contributed by atoms with E-state index in [4.69, 9.17) is 14.3 Å². The molecule has 0 radical (unpaired) electrons. The van der Waals surface area contributed by atoms with E-state index in [0.29, 0.717) is 28.0 Å². The highest BCUT2D eigenvalue weighted by Gasteiger charge is 2.20. The number of hydrogen-bond acceptors (Lipinski definition) is 6. The van der Waals surface area contributed by atoms with Crippen molar-refractivity contribution in [3.8, 4) is 0 Å². The minimum absolute atomic E-state index is 0.164. The number of rotatable bonds is 4. The van der Waals surface area contributed by atoms with Gasteiger partial charge in [0.15, 0.2) is 0 Å². The molecule has 0 aliphatic heterocycles. The van der Waals surface area contributed by atoms with Crippen LogP contribution in [0.4, 0.5) is 5.69 Å². The molecule has 2 aromatic carbocycles. The Morgan fingerprint density at radius 3 is 2.32 bits per heavy atom. The summed E-state index contributed by atoms with van der Waals surface area (Å²) in [6.45, 7) is 3.05. The van der Waals surface area contributed by atoms with Gasteiger partial charge >= 0.3 is 0 Å². The topological polar surface area (TPSA) is 156 Å². The molecular weight excluding hydrogens is 386 g/mol. The minimum Gasteiger partial charge on any atom is -0.554 e. The van der Waals surface area contributed by atoms with Gasteiger partial charge in [-0.3, -0.25) is 15.4 Å².